The standard InChI is InChI=1S/C11H22O3/c1-5-7-11(9(3)8-12)14-10(4)13-6-2/h5,9-12H,1,6-8H2,2-4H3/t9-,10?,11-/m0/s1. The largest absolute Gasteiger partial charge is 0.396 e. The van der Waals surface area contributed by atoms with Crippen molar-refractivity contribution in [3.63, 3.8) is 0 Å². The Morgan fingerprint density at radius 3 is 2.50 bits per heavy atom. The Morgan fingerprint density at radius 1 is 1.43 bits per heavy atom. The minimum atomic E-state index is -0.223. The van der Waals surface area contributed by atoms with Gasteiger partial charge in [0.1, 0.15) is 0 Å². The predicted octanol–water partition coefficient (Wildman–Crippen LogP) is 1.96. The van der Waals surface area contributed by atoms with Crippen LogP contribution in [0.15, 0.2) is 12.7 Å². The normalized spacial score (nSPS) is 17.4. The molecule has 3 heteroatoms. The van der Waals surface area contributed by atoms with Crippen molar-refractivity contribution in [1.82, 2.24) is 0 Å². The van der Waals surface area contributed by atoms with Gasteiger partial charge in [0, 0.05) is 19.1 Å². The van der Waals surface area contributed by atoms with E-state index in [-0.39, 0.29) is 24.9 Å². The molecule has 0 fully saturated rings. The molecule has 3 nitrogen and oxygen atoms in total. The molecule has 0 aliphatic carbocycles. The van der Waals surface area contributed by atoms with Gasteiger partial charge >= 0.3 is 0 Å². The Hall–Kier alpha value is -0.380. The maximum Gasteiger partial charge on any atom is 0.155 e. The monoisotopic (exact) mass is 202 g/mol. The van der Waals surface area contributed by atoms with Gasteiger partial charge in [-0.3, -0.25) is 0 Å². The van der Waals surface area contributed by atoms with Crippen molar-refractivity contribution < 1.29 is 14.6 Å². The van der Waals surface area contributed by atoms with Gasteiger partial charge in [0.2, 0.25) is 0 Å². The number of rotatable bonds is 8. The van der Waals surface area contributed by atoms with E-state index in [2.05, 4.69) is 6.58 Å². The highest BCUT2D eigenvalue weighted by Gasteiger charge is 2.18. The second-order valence-electron chi connectivity index (χ2n) is 3.38. The highest BCUT2D eigenvalue weighted by atomic mass is 16.7. The zero-order valence-corrected chi connectivity index (χ0v) is 9.40. The molecule has 0 aliphatic heterocycles. The molecule has 1 N–H and O–H groups in total. The van der Waals surface area contributed by atoms with Crippen molar-refractivity contribution in [3.05, 3.63) is 12.7 Å². The molecule has 3 atom stereocenters. The first-order chi connectivity index (χ1) is 6.65. The molecule has 0 amide bonds. The highest BCUT2D eigenvalue weighted by molar-refractivity contribution is 4.77. The van der Waals surface area contributed by atoms with Crippen LogP contribution in [0.1, 0.15) is 27.2 Å². The second-order valence-corrected chi connectivity index (χ2v) is 3.38. The Kier molecular flexibility index (Phi) is 7.76. The van der Waals surface area contributed by atoms with E-state index in [0.717, 1.165) is 6.42 Å². The molecule has 0 spiro atoms. The lowest BCUT2D eigenvalue weighted by molar-refractivity contribution is -0.170. The highest BCUT2D eigenvalue weighted by Crippen LogP contribution is 2.14. The first kappa shape index (κ1) is 13.6. The van der Waals surface area contributed by atoms with Gasteiger partial charge in [0.05, 0.1) is 6.10 Å². The summed E-state index contributed by atoms with van der Waals surface area (Å²) in [6, 6.07) is 0. The van der Waals surface area contributed by atoms with Crippen LogP contribution in [0.5, 0.6) is 0 Å². The summed E-state index contributed by atoms with van der Waals surface area (Å²) in [7, 11) is 0. The number of ether oxygens (including phenoxy) is 2. The summed E-state index contributed by atoms with van der Waals surface area (Å²) in [6.07, 6.45) is 2.30. The maximum atomic E-state index is 9.02. The fraction of sp³-hybridized carbons (Fsp3) is 0.818. The van der Waals surface area contributed by atoms with Crippen molar-refractivity contribution in [3.8, 4) is 0 Å². The lowest BCUT2D eigenvalue weighted by Gasteiger charge is -2.25. The van der Waals surface area contributed by atoms with Gasteiger partial charge in [0.15, 0.2) is 6.29 Å². The molecule has 1 unspecified atom stereocenters. The van der Waals surface area contributed by atoms with E-state index in [0.29, 0.717) is 6.61 Å². The average Bonchev–Trinajstić information content (AvgIpc) is 2.16. The van der Waals surface area contributed by atoms with E-state index in [1.54, 1.807) is 6.08 Å². The van der Waals surface area contributed by atoms with E-state index in [4.69, 9.17) is 14.6 Å². The molecule has 0 bridgehead atoms. The third-order valence-electron chi connectivity index (χ3n) is 2.09. The number of hydrogen-bond donors (Lipinski definition) is 1. The zero-order valence-electron chi connectivity index (χ0n) is 9.40. The van der Waals surface area contributed by atoms with Gasteiger partial charge in [-0.05, 0) is 20.3 Å². The zero-order chi connectivity index (χ0) is 11.0. The van der Waals surface area contributed by atoms with Gasteiger partial charge in [-0.2, -0.15) is 0 Å². The Bertz CT molecular complexity index is 147. The summed E-state index contributed by atoms with van der Waals surface area (Å²) in [5, 5.41) is 9.02. The van der Waals surface area contributed by atoms with Crippen LogP contribution in [0.4, 0.5) is 0 Å². The average molecular weight is 202 g/mol. The van der Waals surface area contributed by atoms with Crippen LogP contribution in [0.25, 0.3) is 0 Å². The first-order valence-corrected chi connectivity index (χ1v) is 5.14. The topological polar surface area (TPSA) is 38.7 Å². The summed E-state index contributed by atoms with van der Waals surface area (Å²) in [6.45, 7) is 10.2. The maximum absolute atomic E-state index is 9.02. The van der Waals surface area contributed by atoms with Gasteiger partial charge < -0.3 is 14.6 Å². The third kappa shape index (κ3) is 5.37. The minimum Gasteiger partial charge on any atom is -0.396 e. The minimum absolute atomic E-state index is 0.0148. The summed E-state index contributed by atoms with van der Waals surface area (Å²) in [5.74, 6) is 0.107. The summed E-state index contributed by atoms with van der Waals surface area (Å²) in [4.78, 5) is 0. The molecule has 0 saturated heterocycles. The number of hydrogen-bond acceptors (Lipinski definition) is 3. The molecule has 0 aromatic carbocycles. The smallest absolute Gasteiger partial charge is 0.155 e. The SMILES string of the molecule is C=CC[C@H](OC(C)OCC)[C@@H](C)CO. The van der Waals surface area contributed by atoms with Crippen LogP contribution < -0.4 is 0 Å². The molecule has 0 radical (unpaired) electrons. The molecular formula is C11H22O3. The van der Waals surface area contributed by atoms with Gasteiger partial charge in [-0.15, -0.1) is 6.58 Å². The van der Waals surface area contributed by atoms with Gasteiger partial charge in [-0.25, -0.2) is 0 Å². The molecule has 0 aromatic rings. The number of aliphatic hydroxyl groups excluding tert-OH is 1. The van der Waals surface area contributed by atoms with Gasteiger partial charge in [-0.1, -0.05) is 13.0 Å². The lowest BCUT2D eigenvalue weighted by atomic mass is 10.0. The van der Waals surface area contributed by atoms with Gasteiger partial charge in [0.25, 0.3) is 0 Å². The van der Waals surface area contributed by atoms with Crippen molar-refractivity contribution in [2.45, 2.75) is 39.6 Å². The Labute approximate surface area is 86.7 Å². The lowest BCUT2D eigenvalue weighted by Crippen LogP contribution is -2.29. The third-order valence-corrected chi connectivity index (χ3v) is 2.09. The van der Waals surface area contributed by atoms with Crippen molar-refractivity contribution in [2.24, 2.45) is 5.92 Å². The van der Waals surface area contributed by atoms with Crippen LogP contribution in [-0.2, 0) is 9.47 Å². The number of aliphatic hydroxyl groups is 1. The van der Waals surface area contributed by atoms with E-state index >= 15 is 0 Å². The summed E-state index contributed by atoms with van der Waals surface area (Å²) >= 11 is 0. The van der Waals surface area contributed by atoms with E-state index < -0.39 is 0 Å². The predicted molar refractivity (Wildman–Crippen MR) is 57.0 cm³/mol. The van der Waals surface area contributed by atoms with Crippen LogP contribution in [0.2, 0.25) is 0 Å². The van der Waals surface area contributed by atoms with Crippen LogP contribution in [-0.4, -0.2) is 30.7 Å². The van der Waals surface area contributed by atoms with E-state index in [1.807, 2.05) is 20.8 Å². The van der Waals surface area contributed by atoms with E-state index in [9.17, 15) is 0 Å². The van der Waals surface area contributed by atoms with Crippen molar-refractivity contribution in [2.75, 3.05) is 13.2 Å². The molecule has 0 aromatic heterocycles. The molecule has 0 heterocycles. The van der Waals surface area contributed by atoms with E-state index in [1.165, 1.54) is 0 Å². The molecule has 84 valence electrons. The fourth-order valence-electron chi connectivity index (χ4n) is 1.22. The quantitative estimate of drug-likeness (QED) is 0.483. The van der Waals surface area contributed by atoms with Crippen molar-refractivity contribution >= 4 is 0 Å². The molecule has 14 heavy (non-hydrogen) atoms. The summed E-state index contributed by atoms with van der Waals surface area (Å²) in [5.41, 5.74) is 0. The molecule has 0 aliphatic rings. The Balaban J connectivity index is 4.00. The summed E-state index contributed by atoms with van der Waals surface area (Å²) < 4.78 is 10.9. The second kappa shape index (κ2) is 7.97. The molecule has 0 rings (SSSR count). The van der Waals surface area contributed by atoms with Crippen LogP contribution in [0.3, 0.4) is 0 Å². The Morgan fingerprint density at radius 2 is 2.07 bits per heavy atom. The molecular weight excluding hydrogens is 180 g/mol. The van der Waals surface area contributed by atoms with Crippen molar-refractivity contribution in [1.29, 1.82) is 0 Å². The first-order valence-electron chi connectivity index (χ1n) is 5.14. The fourth-order valence-corrected chi connectivity index (χ4v) is 1.22. The molecule has 0 saturated carbocycles. The van der Waals surface area contributed by atoms with Crippen LogP contribution >= 0.6 is 0 Å². The van der Waals surface area contributed by atoms with Crippen LogP contribution in [0, 0.1) is 5.92 Å².